The maximum Gasteiger partial charge on any atom is 0.143 e. The van der Waals surface area contributed by atoms with Crippen molar-refractivity contribution in [1.82, 2.24) is 0 Å². The topological polar surface area (TPSA) is 64.6 Å². The molecule has 0 aromatic heterocycles. The number of hydrogen-bond donors (Lipinski definition) is 0. The van der Waals surface area contributed by atoms with Crippen LogP contribution in [0.5, 0.6) is 0 Å². The smallest absolute Gasteiger partial charge is 0.143 e. The molecule has 0 saturated carbocycles. The van der Waals surface area contributed by atoms with E-state index >= 15 is 0 Å². The summed E-state index contributed by atoms with van der Waals surface area (Å²) in [5, 5.41) is 0. The second kappa shape index (κ2) is 31.7. The van der Waals surface area contributed by atoms with Gasteiger partial charge in [0.2, 0.25) is 0 Å². The van der Waals surface area contributed by atoms with E-state index in [1.807, 2.05) is 18.2 Å². The molecule has 7 heteroatoms. The van der Waals surface area contributed by atoms with Gasteiger partial charge in [0, 0.05) is 6.61 Å². The van der Waals surface area contributed by atoms with Gasteiger partial charge in [0.05, 0.1) is 79.3 Å². The van der Waals surface area contributed by atoms with Gasteiger partial charge in [-0.05, 0) is 23.1 Å². The summed E-state index contributed by atoms with van der Waals surface area (Å²) in [6, 6.07) is 31.1. The lowest BCUT2D eigenvalue weighted by molar-refractivity contribution is -0.0395. The second-order valence-electron chi connectivity index (χ2n) is 13.5. The van der Waals surface area contributed by atoms with Crippen LogP contribution in [0.4, 0.5) is 0 Å². The fourth-order valence-electron chi connectivity index (χ4n) is 6.45. The Morgan fingerprint density at radius 2 is 0.566 bits per heavy atom. The number of ether oxygens (including phenoxy) is 7. The Bertz CT molecular complexity index is 1100. The zero-order valence-corrected chi connectivity index (χ0v) is 32.9. The summed E-state index contributed by atoms with van der Waals surface area (Å²) in [5.41, 5.74) is 2.50. The first-order chi connectivity index (χ1) is 26.4. The van der Waals surface area contributed by atoms with Crippen molar-refractivity contribution < 1.29 is 33.2 Å². The van der Waals surface area contributed by atoms with Crippen molar-refractivity contribution in [2.24, 2.45) is 0 Å². The zero-order valence-electron chi connectivity index (χ0n) is 32.9. The number of unbranched alkanes of at least 4 members (excludes halogenated alkanes) is 12. The predicted octanol–water partition coefficient (Wildman–Crippen LogP) is 10.2. The Hall–Kier alpha value is -2.62. The van der Waals surface area contributed by atoms with Crippen LogP contribution in [0.3, 0.4) is 0 Å². The molecule has 0 heterocycles. The third-order valence-electron chi connectivity index (χ3n) is 9.34. The SMILES string of the molecule is CCCCCCCCCCCCCCCOCCOCCOCCOCCOCCOCCOC(c1ccccc1)(c1ccccc1)c1ccccc1. The van der Waals surface area contributed by atoms with Gasteiger partial charge in [-0.1, -0.05) is 175 Å². The highest BCUT2D eigenvalue weighted by Crippen LogP contribution is 2.40. The van der Waals surface area contributed by atoms with E-state index in [4.69, 9.17) is 33.2 Å². The van der Waals surface area contributed by atoms with Crippen molar-refractivity contribution in [3.63, 3.8) is 0 Å². The summed E-state index contributed by atoms with van der Waals surface area (Å²) in [5.74, 6) is 0. The molecular weight excluding hydrogens is 664 g/mol. The molecule has 0 saturated heterocycles. The molecule has 296 valence electrons. The molecule has 0 aliphatic rings. The first-order valence-electron chi connectivity index (χ1n) is 20.6. The largest absolute Gasteiger partial charge is 0.379 e. The second-order valence-corrected chi connectivity index (χ2v) is 13.5. The third-order valence-corrected chi connectivity index (χ3v) is 9.34. The van der Waals surface area contributed by atoms with Gasteiger partial charge in [0.15, 0.2) is 0 Å². The minimum Gasteiger partial charge on any atom is -0.379 e. The van der Waals surface area contributed by atoms with E-state index in [1.54, 1.807) is 0 Å². The van der Waals surface area contributed by atoms with Gasteiger partial charge in [-0.3, -0.25) is 0 Å². The van der Waals surface area contributed by atoms with Crippen LogP contribution in [0.15, 0.2) is 91.0 Å². The monoisotopic (exact) mass is 735 g/mol. The van der Waals surface area contributed by atoms with Crippen molar-refractivity contribution in [1.29, 1.82) is 0 Å². The molecule has 0 aliphatic heterocycles. The summed E-state index contributed by atoms with van der Waals surface area (Å²) in [6.45, 7) is 9.50. The molecule has 53 heavy (non-hydrogen) atoms. The van der Waals surface area contributed by atoms with Crippen LogP contribution in [-0.4, -0.2) is 85.9 Å². The van der Waals surface area contributed by atoms with Crippen LogP contribution in [0, 0.1) is 0 Å². The summed E-state index contributed by atoms with van der Waals surface area (Å²) in [6.07, 6.45) is 17.8. The fraction of sp³-hybridized carbons (Fsp3) is 0.609. The van der Waals surface area contributed by atoms with Crippen molar-refractivity contribution in [3.05, 3.63) is 108 Å². The normalized spacial score (nSPS) is 11.7. The van der Waals surface area contributed by atoms with Crippen molar-refractivity contribution >= 4 is 0 Å². The molecule has 0 unspecified atom stereocenters. The highest BCUT2D eigenvalue weighted by molar-refractivity contribution is 5.47. The molecule has 3 aromatic rings. The molecule has 0 atom stereocenters. The minimum absolute atomic E-state index is 0.431. The summed E-state index contributed by atoms with van der Waals surface area (Å²) in [7, 11) is 0. The van der Waals surface area contributed by atoms with E-state index in [2.05, 4.69) is 79.7 Å². The van der Waals surface area contributed by atoms with E-state index in [-0.39, 0.29) is 0 Å². The van der Waals surface area contributed by atoms with E-state index in [0.29, 0.717) is 79.3 Å². The third kappa shape index (κ3) is 20.0. The molecule has 0 bridgehead atoms. The Morgan fingerprint density at radius 1 is 0.302 bits per heavy atom. The number of benzene rings is 3. The maximum atomic E-state index is 6.74. The lowest BCUT2D eigenvalue weighted by Gasteiger charge is -2.36. The molecule has 0 aliphatic carbocycles. The molecule has 0 spiro atoms. The van der Waals surface area contributed by atoms with Crippen molar-refractivity contribution in [2.75, 3.05) is 85.9 Å². The standard InChI is InChI=1S/C46H70O7/c1-2-3-4-5-6-7-8-9-10-11-12-13-23-30-47-31-32-48-33-34-49-35-36-50-37-38-51-39-40-52-41-42-53-46(43-24-17-14-18-25-43,44-26-19-15-20-27-44)45-28-21-16-22-29-45/h14-22,24-29H,2-13,23,30-42H2,1H3. The average Bonchev–Trinajstić information content (AvgIpc) is 3.21. The van der Waals surface area contributed by atoms with E-state index in [1.165, 1.54) is 77.0 Å². The molecule has 3 aromatic carbocycles. The summed E-state index contributed by atoms with van der Waals surface area (Å²) >= 11 is 0. The van der Waals surface area contributed by atoms with Crippen molar-refractivity contribution in [2.45, 2.75) is 96.0 Å². The van der Waals surface area contributed by atoms with Crippen LogP contribution < -0.4 is 0 Å². The van der Waals surface area contributed by atoms with Crippen LogP contribution in [0.1, 0.15) is 107 Å². The first kappa shape index (κ1) is 44.8. The van der Waals surface area contributed by atoms with Gasteiger partial charge in [-0.15, -0.1) is 0 Å². The van der Waals surface area contributed by atoms with Crippen LogP contribution in [0.2, 0.25) is 0 Å². The Kier molecular flexibility index (Phi) is 26.8. The van der Waals surface area contributed by atoms with Gasteiger partial charge in [0.25, 0.3) is 0 Å². The van der Waals surface area contributed by atoms with E-state index in [0.717, 1.165) is 29.7 Å². The summed E-state index contributed by atoms with van der Waals surface area (Å²) in [4.78, 5) is 0. The zero-order chi connectivity index (χ0) is 37.2. The predicted molar refractivity (Wildman–Crippen MR) is 216 cm³/mol. The number of hydrogen-bond acceptors (Lipinski definition) is 7. The highest BCUT2D eigenvalue weighted by atomic mass is 16.6. The van der Waals surface area contributed by atoms with Crippen LogP contribution >= 0.6 is 0 Å². The van der Waals surface area contributed by atoms with Gasteiger partial charge in [-0.2, -0.15) is 0 Å². The Labute approximate surface area is 322 Å². The quantitative estimate of drug-likeness (QED) is 0.0435. The lowest BCUT2D eigenvalue weighted by Crippen LogP contribution is -2.34. The van der Waals surface area contributed by atoms with Gasteiger partial charge in [0.1, 0.15) is 5.60 Å². The Morgan fingerprint density at radius 3 is 0.887 bits per heavy atom. The molecule has 7 nitrogen and oxygen atoms in total. The molecular formula is C46H70O7. The van der Waals surface area contributed by atoms with Gasteiger partial charge >= 0.3 is 0 Å². The van der Waals surface area contributed by atoms with Crippen LogP contribution in [-0.2, 0) is 38.8 Å². The highest BCUT2D eigenvalue weighted by Gasteiger charge is 2.37. The average molecular weight is 735 g/mol. The minimum atomic E-state index is -0.738. The molecule has 0 N–H and O–H groups in total. The molecule has 0 radical (unpaired) electrons. The summed E-state index contributed by atoms with van der Waals surface area (Å²) < 4.78 is 40.8. The Balaban J connectivity index is 1.07. The van der Waals surface area contributed by atoms with E-state index in [9.17, 15) is 0 Å². The maximum absolute atomic E-state index is 6.74. The van der Waals surface area contributed by atoms with Gasteiger partial charge in [-0.25, -0.2) is 0 Å². The molecule has 3 rings (SSSR count). The van der Waals surface area contributed by atoms with E-state index < -0.39 is 5.60 Å². The first-order valence-corrected chi connectivity index (χ1v) is 20.6. The number of rotatable bonds is 36. The molecule has 0 fully saturated rings. The van der Waals surface area contributed by atoms with Crippen molar-refractivity contribution in [3.8, 4) is 0 Å². The van der Waals surface area contributed by atoms with Gasteiger partial charge < -0.3 is 33.2 Å². The lowest BCUT2D eigenvalue weighted by atomic mass is 9.80. The van der Waals surface area contributed by atoms with Crippen LogP contribution in [0.25, 0.3) is 0 Å². The molecule has 0 amide bonds. The fourth-order valence-corrected chi connectivity index (χ4v) is 6.45.